The normalized spacial score (nSPS) is 10.7. The molecule has 2 aromatic heterocycles. The molecule has 0 aliphatic rings. The zero-order valence-electron chi connectivity index (χ0n) is 8.38. The predicted octanol–water partition coefficient (Wildman–Crippen LogP) is 0.851. The number of aromatic nitrogens is 5. The molecule has 0 aromatic carbocycles. The van der Waals surface area contributed by atoms with Crippen LogP contribution < -0.4 is 0 Å². The Labute approximate surface area is 82.4 Å². The van der Waals surface area contributed by atoms with Crippen molar-refractivity contribution >= 4 is 0 Å². The fourth-order valence-electron chi connectivity index (χ4n) is 1.37. The molecule has 0 amide bonds. The molecule has 2 rings (SSSR count). The van der Waals surface area contributed by atoms with Crippen LogP contribution in [0.5, 0.6) is 0 Å². The van der Waals surface area contributed by atoms with Gasteiger partial charge in [-0.1, -0.05) is 0 Å². The van der Waals surface area contributed by atoms with E-state index in [4.69, 9.17) is 0 Å². The van der Waals surface area contributed by atoms with Crippen LogP contribution in [0, 0.1) is 6.92 Å². The van der Waals surface area contributed by atoms with Gasteiger partial charge in [-0.3, -0.25) is 4.68 Å². The summed E-state index contributed by atoms with van der Waals surface area (Å²) in [4.78, 5) is 4.19. The predicted molar refractivity (Wildman–Crippen MR) is 51.8 cm³/mol. The zero-order valence-corrected chi connectivity index (χ0v) is 8.38. The highest BCUT2D eigenvalue weighted by atomic mass is 15.4. The minimum absolute atomic E-state index is 0.687. The smallest absolute Gasteiger partial charge is 0.148 e. The third-order valence-electron chi connectivity index (χ3n) is 2.22. The molecule has 0 bridgehead atoms. The molecule has 0 spiro atoms. The van der Waals surface area contributed by atoms with Crippen LogP contribution >= 0.6 is 0 Å². The van der Waals surface area contributed by atoms with Crippen LogP contribution in [0.4, 0.5) is 0 Å². The molecule has 14 heavy (non-hydrogen) atoms. The van der Waals surface area contributed by atoms with Crippen LogP contribution in [0.25, 0.3) is 0 Å². The van der Waals surface area contributed by atoms with Gasteiger partial charge in [0, 0.05) is 18.4 Å². The molecule has 2 heterocycles. The van der Waals surface area contributed by atoms with E-state index in [-0.39, 0.29) is 0 Å². The Morgan fingerprint density at radius 1 is 1.29 bits per heavy atom. The second kappa shape index (κ2) is 3.61. The lowest BCUT2D eigenvalue weighted by Crippen LogP contribution is -2.10. The minimum Gasteiger partial charge on any atom is -0.262 e. The number of hydrogen-bond donors (Lipinski definition) is 0. The van der Waals surface area contributed by atoms with Gasteiger partial charge in [-0.15, -0.1) is 0 Å². The SMILES string of the molecule is CCn1ncnc1Cn1nccc1C. The van der Waals surface area contributed by atoms with Crippen molar-refractivity contribution in [1.29, 1.82) is 0 Å². The maximum atomic E-state index is 4.20. The van der Waals surface area contributed by atoms with Crippen LogP contribution in [0.1, 0.15) is 18.4 Å². The summed E-state index contributed by atoms with van der Waals surface area (Å²) in [6.45, 7) is 5.61. The molecule has 0 N–H and O–H groups in total. The molecule has 2 aromatic rings. The van der Waals surface area contributed by atoms with Crippen molar-refractivity contribution in [2.45, 2.75) is 26.9 Å². The van der Waals surface area contributed by atoms with E-state index in [2.05, 4.69) is 15.2 Å². The van der Waals surface area contributed by atoms with Gasteiger partial charge in [0.1, 0.15) is 18.7 Å². The van der Waals surface area contributed by atoms with Crippen LogP contribution in [-0.4, -0.2) is 24.5 Å². The van der Waals surface area contributed by atoms with Crippen LogP contribution in [0.2, 0.25) is 0 Å². The first-order valence-corrected chi connectivity index (χ1v) is 4.66. The summed E-state index contributed by atoms with van der Waals surface area (Å²) in [7, 11) is 0. The maximum Gasteiger partial charge on any atom is 0.148 e. The van der Waals surface area contributed by atoms with Gasteiger partial charge in [0.05, 0.1) is 0 Å². The lowest BCUT2D eigenvalue weighted by Gasteiger charge is -2.04. The standard InChI is InChI=1S/C9H13N5/c1-3-13-9(10-7-12-13)6-14-8(2)4-5-11-14/h4-5,7H,3,6H2,1-2H3. The minimum atomic E-state index is 0.687. The Morgan fingerprint density at radius 3 is 2.79 bits per heavy atom. The second-order valence-electron chi connectivity index (χ2n) is 3.12. The quantitative estimate of drug-likeness (QED) is 0.722. The van der Waals surface area contributed by atoms with Crippen LogP contribution in [0.15, 0.2) is 18.6 Å². The monoisotopic (exact) mass is 191 g/mol. The molecular weight excluding hydrogens is 178 g/mol. The molecule has 0 unspecified atom stereocenters. The van der Waals surface area contributed by atoms with Crippen molar-refractivity contribution in [3.63, 3.8) is 0 Å². The molecule has 0 aliphatic heterocycles. The third kappa shape index (κ3) is 1.53. The first kappa shape index (κ1) is 8.93. The first-order valence-electron chi connectivity index (χ1n) is 4.66. The number of nitrogens with zero attached hydrogens (tertiary/aromatic N) is 5. The van der Waals surface area contributed by atoms with Crippen molar-refractivity contribution in [3.8, 4) is 0 Å². The van der Waals surface area contributed by atoms with Gasteiger partial charge in [-0.05, 0) is 19.9 Å². The highest BCUT2D eigenvalue weighted by molar-refractivity contribution is 4.99. The molecule has 0 saturated heterocycles. The van der Waals surface area contributed by atoms with E-state index in [0.717, 1.165) is 18.1 Å². The summed E-state index contributed by atoms with van der Waals surface area (Å²) >= 11 is 0. The van der Waals surface area contributed by atoms with Gasteiger partial charge in [0.25, 0.3) is 0 Å². The van der Waals surface area contributed by atoms with Gasteiger partial charge in [0.2, 0.25) is 0 Å². The van der Waals surface area contributed by atoms with E-state index < -0.39 is 0 Å². The van der Waals surface area contributed by atoms with E-state index in [9.17, 15) is 0 Å². The first-order chi connectivity index (χ1) is 6.81. The molecule has 0 atom stereocenters. The van der Waals surface area contributed by atoms with Crippen molar-refractivity contribution < 1.29 is 0 Å². The van der Waals surface area contributed by atoms with Crippen molar-refractivity contribution in [3.05, 3.63) is 30.1 Å². The van der Waals surface area contributed by atoms with Crippen molar-refractivity contribution in [2.75, 3.05) is 0 Å². The number of aryl methyl sites for hydroxylation is 2. The zero-order chi connectivity index (χ0) is 9.97. The fraction of sp³-hybridized carbons (Fsp3) is 0.444. The molecule has 0 fully saturated rings. The summed E-state index contributed by atoms with van der Waals surface area (Å²) in [5, 5.41) is 8.31. The average molecular weight is 191 g/mol. The van der Waals surface area contributed by atoms with Crippen molar-refractivity contribution in [2.24, 2.45) is 0 Å². The maximum absolute atomic E-state index is 4.20. The van der Waals surface area contributed by atoms with Gasteiger partial charge in [-0.2, -0.15) is 10.2 Å². The van der Waals surface area contributed by atoms with Gasteiger partial charge in [-0.25, -0.2) is 9.67 Å². The third-order valence-corrected chi connectivity index (χ3v) is 2.22. The molecule has 5 nitrogen and oxygen atoms in total. The van der Waals surface area contributed by atoms with Gasteiger partial charge in [0.15, 0.2) is 0 Å². The fourth-order valence-corrected chi connectivity index (χ4v) is 1.37. The van der Waals surface area contributed by atoms with E-state index >= 15 is 0 Å². The number of hydrogen-bond acceptors (Lipinski definition) is 3. The Kier molecular flexibility index (Phi) is 2.30. The van der Waals surface area contributed by atoms with E-state index in [0.29, 0.717) is 6.54 Å². The molecule has 0 saturated carbocycles. The lowest BCUT2D eigenvalue weighted by atomic mass is 10.4. The van der Waals surface area contributed by atoms with Crippen molar-refractivity contribution in [1.82, 2.24) is 24.5 Å². The molecule has 74 valence electrons. The summed E-state index contributed by atoms with van der Waals surface area (Å²) in [6.07, 6.45) is 3.37. The Bertz CT molecular complexity index is 414. The molecule has 5 heteroatoms. The Balaban J connectivity index is 2.22. The van der Waals surface area contributed by atoms with E-state index in [1.165, 1.54) is 0 Å². The Morgan fingerprint density at radius 2 is 2.14 bits per heavy atom. The highest BCUT2D eigenvalue weighted by Gasteiger charge is 2.04. The van der Waals surface area contributed by atoms with Gasteiger partial charge >= 0.3 is 0 Å². The van der Waals surface area contributed by atoms with E-state index in [1.54, 1.807) is 12.5 Å². The average Bonchev–Trinajstić information content (AvgIpc) is 2.77. The molecule has 0 aliphatic carbocycles. The second-order valence-corrected chi connectivity index (χ2v) is 3.12. The summed E-state index contributed by atoms with van der Waals surface area (Å²) < 4.78 is 3.79. The molecular formula is C9H13N5. The van der Waals surface area contributed by atoms with Gasteiger partial charge < -0.3 is 0 Å². The van der Waals surface area contributed by atoms with Crippen LogP contribution in [0.3, 0.4) is 0 Å². The summed E-state index contributed by atoms with van der Waals surface area (Å²) in [6, 6.07) is 1.98. The van der Waals surface area contributed by atoms with Crippen LogP contribution in [-0.2, 0) is 13.1 Å². The summed E-state index contributed by atoms with van der Waals surface area (Å²) in [5.74, 6) is 0.944. The van der Waals surface area contributed by atoms with E-state index in [1.807, 2.05) is 29.3 Å². The largest absolute Gasteiger partial charge is 0.262 e. The summed E-state index contributed by atoms with van der Waals surface area (Å²) in [5.41, 5.74) is 1.13. The topological polar surface area (TPSA) is 48.5 Å². The Hall–Kier alpha value is -1.65. The number of rotatable bonds is 3. The highest BCUT2D eigenvalue weighted by Crippen LogP contribution is 2.01. The molecule has 0 radical (unpaired) electrons. The lowest BCUT2D eigenvalue weighted by molar-refractivity contribution is 0.561.